The van der Waals surface area contributed by atoms with E-state index in [2.05, 4.69) is 27.3 Å². The number of nitrogens with one attached hydrogen (secondary N) is 1. The summed E-state index contributed by atoms with van der Waals surface area (Å²) in [7, 11) is 0. The first-order valence-corrected chi connectivity index (χ1v) is 10.1. The molecule has 34 heavy (non-hydrogen) atoms. The lowest BCUT2D eigenvalue weighted by Crippen LogP contribution is -2.36. The molecule has 0 unspecified atom stereocenters. The van der Waals surface area contributed by atoms with Crippen molar-refractivity contribution >= 4 is 29.1 Å². The average molecular weight is 477 g/mol. The zero-order valence-electron chi connectivity index (χ0n) is 17.8. The van der Waals surface area contributed by atoms with Gasteiger partial charge in [0.25, 0.3) is 0 Å². The Labute approximate surface area is 192 Å². The lowest BCUT2D eigenvalue weighted by atomic mass is 10.2. The smallest absolute Gasteiger partial charge is 0.475 e. The standard InChI is InChI=1S/C20H21N5O2.C2HF3O2/c21-20(26)15-6-8-25(14-15)18-5-7-22-19(13-18)23-16-1-3-17(4-2-16)24-9-11-27-12-10-24;3-2(4,5)1(6)7/h1-8,13-14H,9-12H2,(H2,21,26)(H,22,23);(H,6,7). The quantitative estimate of drug-likeness (QED) is 0.516. The van der Waals surface area contributed by atoms with Gasteiger partial charge in [0.05, 0.1) is 24.5 Å². The Morgan fingerprint density at radius 1 is 1.06 bits per heavy atom. The Morgan fingerprint density at radius 2 is 1.71 bits per heavy atom. The maximum Gasteiger partial charge on any atom is 0.490 e. The predicted molar refractivity (Wildman–Crippen MR) is 119 cm³/mol. The molecule has 1 aromatic carbocycles. The summed E-state index contributed by atoms with van der Waals surface area (Å²) >= 11 is 0. The maximum absolute atomic E-state index is 11.3. The molecule has 0 aliphatic carbocycles. The van der Waals surface area contributed by atoms with Gasteiger partial charge in [-0.15, -0.1) is 0 Å². The molecule has 1 fully saturated rings. The molecule has 1 saturated heterocycles. The SMILES string of the molecule is NC(=O)c1ccn(-c2ccnc(Nc3ccc(N4CCOCC4)cc3)c2)c1.O=C(O)C(F)(F)F. The number of amides is 1. The Morgan fingerprint density at radius 3 is 2.26 bits per heavy atom. The van der Waals surface area contributed by atoms with E-state index in [9.17, 15) is 18.0 Å². The minimum absolute atomic E-state index is 0.443. The molecule has 0 bridgehead atoms. The third-order valence-corrected chi connectivity index (χ3v) is 4.78. The molecule has 1 amide bonds. The second-order valence-corrected chi connectivity index (χ2v) is 7.15. The molecule has 0 saturated carbocycles. The van der Waals surface area contributed by atoms with Crippen LogP contribution in [0.4, 0.5) is 30.4 Å². The molecule has 3 heterocycles. The summed E-state index contributed by atoms with van der Waals surface area (Å²) in [6.45, 7) is 3.38. The summed E-state index contributed by atoms with van der Waals surface area (Å²) < 4.78 is 39.0. The monoisotopic (exact) mass is 477 g/mol. The lowest BCUT2D eigenvalue weighted by Gasteiger charge is -2.28. The molecule has 12 heteroatoms. The fourth-order valence-electron chi connectivity index (χ4n) is 3.08. The van der Waals surface area contributed by atoms with Crippen molar-refractivity contribution < 1.29 is 32.6 Å². The maximum atomic E-state index is 11.3. The zero-order chi connectivity index (χ0) is 24.7. The number of nitrogens with two attached hydrogens (primary N) is 1. The van der Waals surface area contributed by atoms with Gasteiger partial charge < -0.3 is 30.4 Å². The number of benzene rings is 1. The van der Waals surface area contributed by atoms with Crippen LogP contribution < -0.4 is 16.0 Å². The first-order chi connectivity index (χ1) is 16.1. The Kier molecular flexibility index (Phi) is 7.74. The summed E-state index contributed by atoms with van der Waals surface area (Å²) in [5.41, 5.74) is 8.83. The van der Waals surface area contributed by atoms with Crippen LogP contribution in [0.5, 0.6) is 0 Å². The molecular formula is C22H22F3N5O4. The fraction of sp³-hybridized carbons (Fsp3) is 0.227. The lowest BCUT2D eigenvalue weighted by molar-refractivity contribution is -0.192. The van der Waals surface area contributed by atoms with Crippen molar-refractivity contribution in [1.82, 2.24) is 9.55 Å². The molecule has 180 valence electrons. The molecule has 0 spiro atoms. The van der Waals surface area contributed by atoms with Crippen molar-refractivity contribution in [2.24, 2.45) is 5.73 Å². The van der Waals surface area contributed by atoms with Gasteiger partial charge in [-0.25, -0.2) is 9.78 Å². The Hall–Kier alpha value is -4.06. The van der Waals surface area contributed by atoms with Gasteiger partial charge in [-0.05, 0) is 36.4 Å². The topological polar surface area (TPSA) is 123 Å². The third kappa shape index (κ3) is 6.72. The molecule has 3 aromatic rings. The number of aromatic nitrogens is 2. The summed E-state index contributed by atoms with van der Waals surface area (Å²) in [4.78, 5) is 26.9. The normalized spacial score (nSPS) is 13.6. The van der Waals surface area contributed by atoms with Gasteiger partial charge in [0.1, 0.15) is 5.82 Å². The minimum atomic E-state index is -5.08. The van der Waals surface area contributed by atoms with E-state index < -0.39 is 18.1 Å². The molecule has 0 atom stereocenters. The summed E-state index contributed by atoms with van der Waals surface area (Å²) in [5.74, 6) is -2.48. The van der Waals surface area contributed by atoms with Crippen LogP contribution in [0, 0.1) is 0 Å². The highest BCUT2D eigenvalue weighted by atomic mass is 19.4. The molecule has 2 aromatic heterocycles. The summed E-state index contributed by atoms with van der Waals surface area (Å²) in [6, 6.07) is 13.8. The number of ether oxygens (including phenoxy) is 1. The van der Waals surface area contributed by atoms with Crippen LogP contribution in [0.15, 0.2) is 61.1 Å². The number of halogens is 3. The molecule has 4 N–H and O–H groups in total. The molecule has 1 aliphatic heterocycles. The first-order valence-electron chi connectivity index (χ1n) is 10.1. The highest BCUT2D eigenvalue weighted by Crippen LogP contribution is 2.22. The van der Waals surface area contributed by atoms with E-state index in [0.29, 0.717) is 5.56 Å². The number of hydrogen-bond acceptors (Lipinski definition) is 6. The van der Waals surface area contributed by atoms with Crippen LogP contribution in [-0.2, 0) is 9.53 Å². The second-order valence-electron chi connectivity index (χ2n) is 7.15. The number of morpholine rings is 1. The number of primary amides is 1. The van der Waals surface area contributed by atoms with E-state index in [0.717, 1.165) is 43.5 Å². The van der Waals surface area contributed by atoms with Gasteiger partial charge in [0, 0.05) is 49.1 Å². The van der Waals surface area contributed by atoms with Crippen molar-refractivity contribution in [1.29, 1.82) is 0 Å². The number of carboxylic acids is 1. The number of aliphatic carboxylic acids is 1. The second kappa shape index (κ2) is 10.7. The number of alkyl halides is 3. The first kappa shape index (κ1) is 24.6. The van der Waals surface area contributed by atoms with Crippen LogP contribution >= 0.6 is 0 Å². The van der Waals surface area contributed by atoms with Crippen molar-refractivity contribution in [2.75, 3.05) is 36.5 Å². The van der Waals surface area contributed by atoms with Crippen molar-refractivity contribution in [3.05, 3.63) is 66.6 Å². The molecule has 4 rings (SSSR count). The van der Waals surface area contributed by atoms with Crippen LogP contribution in [0.1, 0.15) is 10.4 Å². The van der Waals surface area contributed by atoms with Crippen LogP contribution in [0.2, 0.25) is 0 Å². The van der Waals surface area contributed by atoms with E-state index in [1.54, 1.807) is 24.7 Å². The zero-order valence-corrected chi connectivity index (χ0v) is 17.8. The number of hydrogen-bond donors (Lipinski definition) is 3. The largest absolute Gasteiger partial charge is 0.490 e. The van der Waals surface area contributed by atoms with Gasteiger partial charge in [-0.2, -0.15) is 13.2 Å². The number of carbonyl (C=O) groups excluding carboxylic acids is 1. The van der Waals surface area contributed by atoms with Gasteiger partial charge in [-0.3, -0.25) is 4.79 Å². The average Bonchev–Trinajstić information content (AvgIpc) is 3.31. The molecule has 9 nitrogen and oxygen atoms in total. The number of rotatable bonds is 5. The van der Waals surface area contributed by atoms with Crippen LogP contribution in [0.3, 0.4) is 0 Å². The Bertz CT molecular complexity index is 1130. The van der Waals surface area contributed by atoms with E-state index >= 15 is 0 Å². The summed E-state index contributed by atoms with van der Waals surface area (Å²) in [6.07, 6.45) is 0.151. The van der Waals surface area contributed by atoms with Crippen molar-refractivity contribution in [3.8, 4) is 5.69 Å². The van der Waals surface area contributed by atoms with E-state index in [4.69, 9.17) is 20.4 Å². The number of anilines is 3. The van der Waals surface area contributed by atoms with Gasteiger partial charge in [-0.1, -0.05) is 0 Å². The molecular weight excluding hydrogens is 455 g/mol. The van der Waals surface area contributed by atoms with Crippen molar-refractivity contribution in [2.45, 2.75) is 6.18 Å². The fourth-order valence-corrected chi connectivity index (χ4v) is 3.08. The molecule has 0 radical (unpaired) electrons. The number of carboxylic acid groups (broad SMARTS) is 1. The number of pyridine rings is 1. The van der Waals surface area contributed by atoms with Crippen LogP contribution in [0.25, 0.3) is 5.69 Å². The highest BCUT2D eigenvalue weighted by Gasteiger charge is 2.38. The van der Waals surface area contributed by atoms with Gasteiger partial charge in [0.2, 0.25) is 5.91 Å². The molecule has 1 aliphatic rings. The minimum Gasteiger partial charge on any atom is -0.475 e. The third-order valence-electron chi connectivity index (χ3n) is 4.78. The van der Waals surface area contributed by atoms with Crippen molar-refractivity contribution in [3.63, 3.8) is 0 Å². The van der Waals surface area contributed by atoms with E-state index in [-0.39, 0.29) is 0 Å². The summed E-state index contributed by atoms with van der Waals surface area (Å²) in [5, 5.41) is 10.4. The van der Waals surface area contributed by atoms with Gasteiger partial charge >= 0.3 is 12.1 Å². The van der Waals surface area contributed by atoms with E-state index in [1.165, 1.54) is 5.69 Å². The predicted octanol–water partition coefficient (Wildman–Crippen LogP) is 3.18. The Balaban J connectivity index is 0.000000406. The van der Waals surface area contributed by atoms with E-state index in [1.807, 2.05) is 28.8 Å². The number of nitrogens with zero attached hydrogens (tertiary/aromatic N) is 3. The highest BCUT2D eigenvalue weighted by molar-refractivity contribution is 5.92. The van der Waals surface area contributed by atoms with Gasteiger partial charge in [0.15, 0.2) is 0 Å². The van der Waals surface area contributed by atoms with Crippen LogP contribution in [-0.4, -0.2) is 59.0 Å². The number of carbonyl (C=O) groups is 2.